The Morgan fingerprint density at radius 2 is 2.25 bits per heavy atom. The van der Waals surface area contributed by atoms with Crippen molar-refractivity contribution in [2.75, 3.05) is 0 Å². The normalized spacial score (nSPS) is 18.5. The van der Waals surface area contributed by atoms with Gasteiger partial charge in [0.15, 0.2) is 0 Å². The Kier molecular flexibility index (Phi) is 2.27. The van der Waals surface area contributed by atoms with Crippen LogP contribution in [0.4, 0.5) is 0 Å². The van der Waals surface area contributed by atoms with Gasteiger partial charge in [-0.3, -0.25) is 0 Å². The first-order valence-corrected chi connectivity index (χ1v) is 3.65. The molecule has 0 saturated heterocycles. The minimum atomic E-state index is -0.252. The van der Waals surface area contributed by atoms with E-state index in [9.17, 15) is 0 Å². The van der Waals surface area contributed by atoms with Crippen LogP contribution in [0.1, 0.15) is 19.3 Å². The Hall–Kier alpha value is 0.385. The van der Waals surface area contributed by atoms with Crippen LogP contribution in [-0.4, -0.2) is 5.54 Å². The van der Waals surface area contributed by atoms with Crippen molar-refractivity contribution >= 4 is 28.5 Å². The molecule has 0 fully saturated rings. The van der Waals surface area contributed by atoms with Gasteiger partial charge in [0.2, 0.25) is 0 Å². The van der Waals surface area contributed by atoms with E-state index in [0.29, 0.717) is 0 Å². The van der Waals surface area contributed by atoms with Crippen LogP contribution < -0.4 is 0 Å². The number of allylic oxidation sites excluding steroid dienone is 2. The highest BCUT2D eigenvalue weighted by atomic mass is 35.5. The van der Waals surface area contributed by atoms with E-state index in [1.54, 1.807) is 0 Å². The van der Waals surface area contributed by atoms with Crippen molar-refractivity contribution in [1.29, 1.82) is 0 Å². The molecule has 0 unspecified atom stereocenters. The van der Waals surface area contributed by atoms with Crippen LogP contribution in [-0.2, 0) is 0 Å². The SMILES string of the molecule is ClB(Cl)C1=CCCC1. The molecule has 0 spiro atoms. The summed E-state index contributed by atoms with van der Waals surface area (Å²) in [6.07, 6.45) is 5.61. The van der Waals surface area contributed by atoms with Crippen molar-refractivity contribution in [3.8, 4) is 0 Å². The molecule has 0 aromatic carbocycles. The van der Waals surface area contributed by atoms with Crippen LogP contribution in [0.25, 0.3) is 0 Å². The molecule has 0 aliphatic heterocycles. The maximum Gasteiger partial charge on any atom is 0.378 e. The van der Waals surface area contributed by atoms with Crippen molar-refractivity contribution in [3.05, 3.63) is 11.5 Å². The van der Waals surface area contributed by atoms with E-state index in [1.165, 1.54) is 11.9 Å². The predicted molar refractivity (Wildman–Crippen MR) is 39.4 cm³/mol. The zero-order chi connectivity index (χ0) is 5.98. The van der Waals surface area contributed by atoms with Gasteiger partial charge in [0.05, 0.1) is 0 Å². The lowest BCUT2D eigenvalue weighted by Crippen LogP contribution is -1.94. The minimum absolute atomic E-state index is 0.252. The number of halogens is 2. The van der Waals surface area contributed by atoms with Crippen molar-refractivity contribution in [2.24, 2.45) is 0 Å². The first-order chi connectivity index (χ1) is 3.80. The zero-order valence-corrected chi connectivity index (χ0v) is 6.04. The standard InChI is InChI=1S/C5H7BCl2/c7-6(8)5-3-1-2-4-5/h3H,1-2,4H2. The molecule has 0 aromatic heterocycles. The van der Waals surface area contributed by atoms with E-state index in [-0.39, 0.29) is 5.54 Å². The fourth-order valence-corrected chi connectivity index (χ4v) is 1.29. The summed E-state index contributed by atoms with van der Waals surface area (Å²) in [7, 11) is 0. The van der Waals surface area contributed by atoms with Gasteiger partial charge in [-0.25, -0.2) is 0 Å². The first-order valence-electron chi connectivity index (χ1n) is 2.78. The van der Waals surface area contributed by atoms with Gasteiger partial charge in [0, 0.05) is 0 Å². The van der Waals surface area contributed by atoms with Crippen LogP contribution in [0.3, 0.4) is 0 Å². The van der Waals surface area contributed by atoms with Crippen LogP contribution in [0, 0.1) is 0 Å². The van der Waals surface area contributed by atoms with Crippen LogP contribution in [0.15, 0.2) is 11.5 Å². The maximum absolute atomic E-state index is 5.58. The van der Waals surface area contributed by atoms with Crippen molar-refractivity contribution < 1.29 is 0 Å². The lowest BCUT2D eigenvalue weighted by molar-refractivity contribution is 0.923. The summed E-state index contributed by atoms with van der Waals surface area (Å²) >= 11 is 11.2. The number of hydrogen-bond donors (Lipinski definition) is 0. The lowest BCUT2D eigenvalue weighted by atomic mass is 9.92. The second-order valence-corrected chi connectivity index (χ2v) is 3.07. The molecule has 0 nitrogen and oxygen atoms in total. The fourth-order valence-electron chi connectivity index (χ4n) is 0.894. The number of rotatable bonds is 1. The van der Waals surface area contributed by atoms with Gasteiger partial charge in [-0.05, 0) is 19.3 Å². The molecule has 0 atom stereocenters. The zero-order valence-electron chi connectivity index (χ0n) is 4.53. The molecule has 0 heterocycles. The van der Waals surface area contributed by atoms with Gasteiger partial charge in [0.25, 0.3) is 0 Å². The predicted octanol–water partition coefficient (Wildman–Crippen LogP) is 2.60. The molecule has 1 aliphatic rings. The Bertz CT molecular complexity index is 109. The Morgan fingerprint density at radius 1 is 1.50 bits per heavy atom. The monoisotopic (exact) mass is 148 g/mol. The highest BCUT2D eigenvalue weighted by Gasteiger charge is 2.15. The maximum atomic E-state index is 5.58. The summed E-state index contributed by atoms with van der Waals surface area (Å²) in [5.41, 5.74) is 0.950. The second kappa shape index (κ2) is 2.79. The molecule has 0 radical (unpaired) electrons. The van der Waals surface area contributed by atoms with Gasteiger partial charge in [0.1, 0.15) is 0 Å². The van der Waals surface area contributed by atoms with Crippen LogP contribution >= 0.6 is 22.9 Å². The first kappa shape index (κ1) is 6.50. The Labute approximate surface area is 59.8 Å². The highest BCUT2D eigenvalue weighted by Crippen LogP contribution is 2.23. The third kappa shape index (κ3) is 1.43. The minimum Gasteiger partial charge on any atom is -0.165 e. The molecular formula is C5H7BCl2. The molecule has 1 aliphatic carbocycles. The summed E-state index contributed by atoms with van der Waals surface area (Å²) < 4.78 is 0. The molecule has 0 aromatic rings. The lowest BCUT2D eigenvalue weighted by Gasteiger charge is -1.93. The average molecular weight is 149 g/mol. The summed E-state index contributed by atoms with van der Waals surface area (Å²) in [6.45, 7) is 0. The third-order valence-electron chi connectivity index (χ3n) is 1.36. The van der Waals surface area contributed by atoms with E-state index in [2.05, 4.69) is 6.08 Å². The second-order valence-electron chi connectivity index (χ2n) is 1.97. The van der Waals surface area contributed by atoms with Gasteiger partial charge in [-0.15, -0.1) is 0 Å². The van der Waals surface area contributed by atoms with Crippen LogP contribution in [0.2, 0.25) is 0 Å². The van der Waals surface area contributed by atoms with Gasteiger partial charge in [-0.2, -0.15) is 22.9 Å². The fraction of sp³-hybridized carbons (Fsp3) is 0.600. The van der Waals surface area contributed by atoms with E-state index in [1.807, 2.05) is 0 Å². The van der Waals surface area contributed by atoms with Gasteiger partial charge in [-0.1, -0.05) is 11.5 Å². The third-order valence-corrected chi connectivity index (χ3v) is 1.92. The van der Waals surface area contributed by atoms with Gasteiger partial charge >= 0.3 is 5.54 Å². The van der Waals surface area contributed by atoms with E-state index in [4.69, 9.17) is 22.9 Å². The van der Waals surface area contributed by atoms with Crippen LogP contribution in [0.5, 0.6) is 0 Å². The summed E-state index contributed by atoms with van der Waals surface area (Å²) in [6, 6.07) is 0. The largest absolute Gasteiger partial charge is 0.378 e. The van der Waals surface area contributed by atoms with Crippen molar-refractivity contribution in [2.45, 2.75) is 19.3 Å². The van der Waals surface area contributed by atoms with E-state index in [0.717, 1.165) is 12.8 Å². The molecule has 3 heteroatoms. The summed E-state index contributed by atoms with van der Waals surface area (Å²) in [5, 5.41) is 0. The molecule has 0 N–H and O–H groups in total. The van der Waals surface area contributed by atoms with E-state index < -0.39 is 0 Å². The molecule has 8 heavy (non-hydrogen) atoms. The highest BCUT2D eigenvalue weighted by molar-refractivity contribution is 7.37. The van der Waals surface area contributed by atoms with Crippen molar-refractivity contribution in [1.82, 2.24) is 0 Å². The summed E-state index contributed by atoms with van der Waals surface area (Å²) in [5.74, 6) is 0. The summed E-state index contributed by atoms with van der Waals surface area (Å²) in [4.78, 5) is 0. The molecular weight excluding hydrogens is 142 g/mol. The van der Waals surface area contributed by atoms with Crippen molar-refractivity contribution in [3.63, 3.8) is 0 Å². The van der Waals surface area contributed by atoms with E-state index >= 15 is 0 Å². The molecule has 1 rings (SSSR count). The molecule has 44 valence electrons. The smallest absolute Gasteiger partial charge is 0.165 e. The quantitative estimate of drug-likeness (QED) is 0.502. The molecule has 0 saturated carbocycles. The number of hydrogen-bond acceptors (Lipinski definition) is 0. The average Bonchev–Trinajstić information content (AvgIpc) is 2.12. The Morgan fingerprint density at radius 3 is 2.50 bits per heavy atom. The topological polar surface area (TPSA) is 0 Å². The molecule has 0 bridgehead atoms. The Balaban J connectivity index is 2.45. The van der Waals surface area contributed by atoms with Gasteiger partial charge < -0.3 is 0 Å². The molecule has 0 amide bonds.